The molecule has 0 aromatic heterocycles. The summed E-state index contributed by atoms with van der Waals surface area (Å²) in [5, 5.41) is 86.9. The molecule has 0 aromatic rings. The van der Waals surface area contributed by atoms with Gasteiger partial charge in [-0.25, -0.2) is 0 Å². The van der Waals surface area contributed by atoms with Gasteiger partial charge in [-0.15, -0.1) is 0 Å². The molecular formula is C68H109NO13. The zero-order valence-corrected chi connectivity index (χ0v) is 49.9. The summed E-state index contributed by atoms with van der Waals surface area (Å²) in [6, 6.07) is -0.861. The third-order valence-corrected chi connectivity index (χ3v) is 14.1. The normalized spacial score (nSPS) is 25.0. The first-order valence-electron chi connectivity index (χ1n) is 31.1. The second kappa shape index (κ2) is 51.3. The van der Waals surface area contributed by atoms with Gasteiger partial charge in [-0.2, -0.15) is 0 Å². The van der Waals surface area contributed by atoms with E-state index in [0.29, 0.717) is 12.8 Å². The number of carbonyl (C=O) groups is 1. The quantitative estimate of drug-likeness (QED) is 0.0204. The van der Waals surface area contributed by atoms with Crippen LogP contribution < -0.4 is 5.32 Å². The van der Waals surface area contributed by atoms with E-state index in [4.69, 9.17) is 18.9 Å². The van der Waals surface area contributed by atoms with Crippen LogP contribution in [0.15, 0.2) is 146 Å². The monoisotopic (exact) mass is 1150 g/mol. The van der Waals surface area contributed by atoms with Crippen molar-refractivity contribution >= 4 is 5.91 Å². The largest absolute Gasteiger partial charge is 0.394 e. The fraction of sp³-hybridized carbons (Fsp3) is 0.632. The van der Waals surface area contributed by atoms with Gasteiger partial charge in [0.05, 0.1) is 32.0 Å². The molecule has 9 N–H and O–H groups in total. The van der Waals surface area contributed by atoms with E-state index < -0.39 is 86.8 Å². The Morgan fingerprint density at radius 1 is 0.451 bits per heavy atom. The van der Waals surface area contributed by atoms with Crippen LogP contribution in [0.5, 0.6) is 0 Å². The zero-order chi connectivity index (χ0) is 59.5. The maximum atomic E-state index is 13.2. The third-order valence-electron chi connectivity index (χ3n) is 14.1. The lowest BCUT2D eigenvalue weighted by Gasteiger charge is -2.46. The smallest absolute Gasteiger partial charge is 0.220 e. The highest BCUT2D eigenvalue weighted by molar-refractivity contribution is 5.76. The van der Waals surface area contributed by atoms with Crippen molar-refractivity contribution in [2.24, 2.45) is 0 Å². The highest BCUT2D eigenvalue weighted by atomic mass is 16.7. The summed E-state index contributed by atoms with van der Waals surface area (Å²) in [6.07, 6.45) is 60.3. The number of hydrogen-bond acceptors (Lipinski definition) is 13. The Morgan fingerprint density at radius 3 is 1.27 bits per heavy atom. The lowest BCUT2D eigenvalue weighted by atomic mass is 9.97. The van der Waals surface area contributed by atoms with Gasteiger partial charge in [-0.1, -0.05) is 217 Å². The summed E-state index contributed by atoms with van der Waals surface area (Å²) in [7, 11) is 0. The summed E-state index contributed by atoms with van der Waals surface area (Å²) < 4.78 is 22.7. The Bertz CT molecular complexity index is 1930. The number of rotatable bonds is 47. The number of carbonyl (C=O) groups excluding carboxylic acids is 1. The molecule has 0 spiro atoms. The van der Waals surface area contributed by atoms with Crippen molar-refractivity contribution in [2.45, 2.75) is 254 Å². The molecule has 1 amide bonds. The van der Waals surface area contributed by atoms with Gasteiger partial charge < -0.3 is 65.1 Å². The van der Waals surface area contributed by atoms with Crippen LogP contribution in [-0.4, -0.2) is 140 Å². The maximum Gasteiger partial charge on any atom is 0.220 e. The molecule has 0 saturated carbocycles. The number of amides is 1. The summed E-state index contributed by atoms with van der Waals surface area (Å²) in [5.41, 5.74) is 0. The Labute approximate surface area is 493 Å². The molecule has 2 fully saturated rings. The predicted octanol–water partition coefficient (Wildman–Crippen LogP) is 11.3. The molecule has 14 heteroatoms. The molecule has 82 heavy (non-hydrogen) atoms. The molecule has 2 saturated heterocycles. The van der Waals surface area contributed by atoms with Gasteiger partial charge in [0, 0.05) is 6.42 Å². The van der Waals surface area contributed by atoms with E-state index in [9.17, 15) is 45.6 Å². The summed E-state index contributed by atoms with van der Waals surface area (Å²) in [6.45, 7) is 2.65. The number of hydrogen-bond donors (Lipinski definition) is 9. The van der Waals surface area contributed by atoms with Gasteiger partial charge in [0.1, 0.15) is 48.8 Å². The standard InChI is InChI=1S/C68H109NO13/c1-3-5-7-9-11-13-14-15-16-17-18-19-20-21-22-23-24-25-26-27-28-29-30-31-32-33-34-35-36-37-38-39-40-41-42-44-46-48-50-52-60(73)69-56(57(72)51-49-47-45-43-12-10-8-6-4-2)55-79-67-65(78)63(76)66(59(54-71)81-67)82-68-64(77)62(75)61(74)58(53-70)80-68/h5,7,11,13,15-16,18-19,21-22,24-25,27-28,30-31,33-34,36-37,39-40,42,44,56-59,61-68,70-72,74-78H,3-4,6,8-10,12,14,17,20,23,26,29,32,35,38,41,43,45-55H2,1-2H3,(H,69,73)/b7-5-,13-11-,16-15-,19-18-,22-21-,25-24-,28-27-,31-30-,34-33-,37-36-,40-39-,44-42-. The van der Waals surface area contributed by atoms with Crippen molar-refractivity contribution in [1.29, 1.82) is 0 Å². The van der Waals surface area contributed by atoms with Crippen molar-refractivity contribution in [1.82, 2.24) is 5.32 Å². The SMILES string of the molecule is CC/C=C\C/C=C\C/C=C\C/C=C\C/C=C\C/C=C\C/C=C\C/C=C\C/C=C\C/C=C\C/C=C\C/C=C\CCCCC(=O)NC(COC1OC(CO)C(OC2OC(CO)C(O)C(O)C2O)C(O)C1O)C(O)CCCCCCCCCCC. The van der Waals surface area contributed by atoms with Crippen molar-refractivity contribution in [3.63, 3.8) is 0 Å². The van der Waals surface area contributed by atoms with Crippen molar-refractivity contribution in [2.75, 3.05) is 19.8 Å². The Balaban J connectivity index is 1.64. The van der Waals surface area contributed by atoms with E-state index in [1.54, 1.807) is 0 Å². The van der Waals surface area contributed by atoms with Crippen molar-refractivity contribution in [3.8, 4) is 0 Å². The van der Waals surface area contributed by atoms with Crippen LogP contribution in [0.2, 0.25) is 0 Å². The second-order valence-electron chi connectivity index (χ2n) is 21.1. The van der Waals surface area contributed by atoms with Gasteiger partial charge in [0.25, 0.3) is 0 Å². The van der Waals surface area contributed by atoms with Crippen LogP contribution in [0.3, 0.4) is 0 Å². The first-order valence-corrected chi connectivity index (χ1v) is 31.1. The zero-order valence-electron chi connectivity index (χ0n) is 49.9. The second-order valence-corrected chi connectivity index (χ2v) is 21.1. The Morgan fingerprint density at radius 2 is 0.841 bits per heavy atom. The number of ether oxygens (including phenoxy) is 4. The summed E-state index contributed by atoms with van der Waals surface area (Å²) >= 11 is 0. The fourth-order valence-electron chi connectivity index (χ4n) is 9.10. The minimum absolute atomic E-state index is 0.239. The van der Waals surface area contributed by atoms with Crippen LogP contribution in [0.1, 0.15) is 181 Å². The van der Waals surface area contributed by atoms with Crippen LogP contribution in [0, 0.1) is 0 Å². The van der Waals surface area contributed by atoms with Crippen LogP contribution in [0.4, 0.5) is 0 Å². The van der Waals surface area contributed by atoms with E-state index in [0.717, 1.165) is 116 Å². The average Bonchev–Trinajstić information content (AvgIpc) is 3.38. The molecule has 0 bridgehead atoms. The van der Waals surface area contributed by atoms with Crippen LogP contribution >= 0.6 is 0 Å². The van der Waals surface area contributed by atoms with Gasteiger partial charge in [0.15, 0.2) is 12.6 Å². The molecule has 464 valence electrons. The summed E-state index contributed by atoms with van der Waals surface area (Å²) in [5.74, 6) is -0.259. The van der Waals surface area contributed by atoms with Crippen LogP contribution in [0.25, 0.3) is 0 Å². The lowest BCUT2D eigenvalue weighted by Crippen LogP contribution is -2.65. The van der Waals surface area contributed by atoms with E-state index >= 15 is 0 Å². The highest BCUT2D eigenvalue weighted by Crippen LogP contribution is 2.30. The lowest BCUT2D eigenvalue weighted by molar-refractivity contribution is -0.359. The number of allylic oxidation sites excluding steroid dienone is 24. The number of aliphatic hydroxyl groups is 8. The molecule has 2 aliphatic heterocycles. The predicted molar refractivity (Wildman–Crippen MR) is 331 cm³/mol. The fourth-order valence-corrected chi connectivity index (χ4v) is 9.10. The molecule has 12 atom stereocenters. The molecule has 0 radical (unpaired) electrons. The summed E-state index contributed by atoms with van der Waals surface area (Å²) in [4.78, 5) is 13.2. The van der Waals surface area contributed by atoms with Gasteiger partial charge in [0.2, 0.25) is 5.91 Å². The molecule has 0 aromatic carbocycles. The third kappa shape index (κ3) is 35.9. The van der Waals surface area contributed by atoms with Gasteiger partial charge >= 0.3 is 0 Å². The molecular weight excluding hydrogens is 1040 g/mol. The minimum atomic E-state index is -1.79. The van der Waals surface area contributed by atoms with E-state index in [-0.39, 0.29) is 18.9 Å². The molecule has 0 aliphatic carbocycles. The number of aliphatic hydroxyl groups excluding tert-OH is 8. The van der Waals surface area contributed by atoms with E-state index in [1.165, 1.54) is 32.1 Å². The van der Waals surface area contributed by atoms with Crippen molar-refractivity contribution in [3.05, 3.63) is 146 Å². The Kier molecular flexibility index (Phi) is 46.3. The number of nitrogens with one attached hydrogen (secondary N) is 1. The molecule has 2 rings (SSSR count). The molecule has 2 heterocycles. The average molecular weight is 1150 g/mol. The molecule has 12 unspecified atom stereocenters. The molecule has 14 nitrogen and oxygen atoms in total. The van der Waals surface area contributed by atoms with Gasteiger partial charge in [-0.05, 0) is 103 Å². The first kappa shape index (κ1) is 74.0. The highest BCUT2D eigenvalue weighted by Gasteiger charge is 2.51. The Hall–Kier alpha value is -4.13. The van der Waals surface area contributed by atoms with Gasteiger partial charge in [-0.3, -0.25) is 4.79 Å². The van der Waals surface area contributed by atoms with Crippen molar-refractivity contribution < 1.29 is 64.6 Å². The topological polar surface area (TPSA) is 228 Å². The maximum absolute atomic E-state index is 13.2. The minimum Gasteiger partial charge on any atom is -0.394 e. The first-order chi connectivity index (χ1) is 40.1. The van der Waals surface area contributed by atoms with Crippen LogP contribution in [-0.2, 0) is 23.7 Å². The molecule has 2 aliphatic rings. The number of unbranched alkanes of at least 4 members (excludes halogenated alkanes) is 10. The van der Waals surface area contributed by atoms with E-state index in [2.05, 4.69) is 165 Å². The van der Waals surface area contributed by atoms with E-state index in [1.807, 2.05) is 0 Å².